The molecule has 0 aromatic rings. The molecule has 0 aliphatic heterocycles. The Morgan fingerprint density at radius 3 is 2.47 bits per heavy atom. The number of alkyl halides is 1. The highest BCUT2D eigenvalue weighted by Crippen LogP contribution is 2.54. The third-order valence-corrected chi connectivity index (χ3v) is 6.15. The van der Waals surface area contributed by atoms with Crippen molar-refractivity contribution >= 4 is 21.7 Å². The predicted octanol–water partition coefficient (Wildman–Crippen LogP) is 5.43. The molecule has 1 fully saturated rings. The van der Waals surface area contributed by atoms with E-state index in [1.54, 1.807) is 0 Å². The van der Waals surface area contributed by atoms with Crippen LogP contribution >= 0.6 is 15.9 Å². The van der Waals surface area contributed by atoms with E-state index in [1.165, 1.54) is 51.4 Å². The summed E-state index contributed by atoms with van der Waals surface area (Å²) in [4.78, 5) is 12.1. The van der Waals surface area contributed by atoms with Crippen molar-refractivity contribution in [1.82, 2.24) is 0 Å². The zero-order valence-electron chi connectivity index (χ0n) is 12.2. The molecule has 0 unspecified atom stereocenters. The van der Waals surface area contributed by atoms with Gasteiger partial charge >= 0.3 is 0 Å². The molecule has 2 heteroatoms. The van der Waals surface area contributed by atoms with Gasteiger partial charge in [0.15, 0.2) is 5.78 Å². The standard InChI is InChI=1S/C17H27BrO/c1-2-3-4-5-6-7-8-9-13-17(18)15-12-10-11-14(15)16(17)19/h10,12,14-15H,2-9,11,13H2,1H3/t14-,15+,17+/m1/s1. The molecule has 0 saturated heterocycles. The van der Waals surface area contributed by atoms with Crippen LogP contribution in [0.3, 0.4) is 0 Å². The average molecular weight is 327 g/mol. The van der Waals surface area contributed by atoms with Crippen LogP contribution in [0, 0.1) is 11.8 Å². The van der Waals surface area contributed by atoms with E-state index in [-0.39, 0.29) is 4.32 Å². The summed E-state index contributed by atoms with van der Waals surface area (Å²) in [5.41, 5.74) is 0. The van der Waals surface area contributed by atoms with E-state index in [4.69, 9.17) is 0 Å². The normalized spacial score (nSPS) is 32.4. The van der Waals surface area contributed by atoms with E-state index in [0.29, 0.717) is 17.6 Å². The molecule has 0 heterocycles. The third kappa shape index (κ3) is 3.32. The zero-order valence-corrected chi connectivity index (χ0v) is 13.8. The van der Waals surface area contributed by atoms with E-state index in [0.717, 1.165) is 12.8 Å². The van der Waals surface area contributed by atoms with E-state index in [2.05, 4.69) is 35.0 Å². The minimum absolute atomic E-state index is 0.188. The summed E-state index contributed by atoms with van der Waals surface area (Å²) >= 11 is 3.74. The number of unbranched alkanes of at least 4 members (excludes halogenated alkanes) is 7. The molecular weight excluding hydrogens is 300 g/mol. The number of ketones is 1. The Morgan fingerprint density at radius 2 is 1.79 bits per heavy atom. The summed E-state index contributed by atoms with van der Waals surface area (Å²) < 4.78 is -0.188. The Bertz CT molecular complexity index is 336. The van der Waals surface area contributed by atoms with Crippen molar-refractivity contribution in [2.24, 2.45) is 11.8 Å². The molecule has 1 nitrogen and oxygen atoms in total. The lowest BCUT2D eigenvalue weighted by Crippen LogP contribution is -2.57. The molecule has 0 radical (unpaired) electrons. The van der Waals surface area contributed by atoms with Gasteiger partial charge in [-0.25, -0.2) is 0 Å². The van der Waals surface area contributed by atoms with E-state index in [9.17, 15) is 4.79 Å². The largest absolute Gasteiger partial charge is 0.298 e. The second kappa shape index (κ2) is 7.06. The van der Waals surface area contributed by atoms with Gasteiger partial charge in [0.1, 0.15) is 0 Å². The van der Waals surface area contributed by atoms with Gasteiger partial charge in [-0.1, -0.05) is 86.4 Å². The van der Waals surface area contributed by atoms with E-state index in [1.807, 2.05) is 0 Å². The Labute approximate surface area is 126 Å². The zero-order chi connectivity index (χ0) is 13.7. The molecule has 0 aromatic heterocycles. The number of fused-ring (bicyclic) bond motifs is 1. The van der Waals surface area contributed by atoms with Crippen LogP contribution in [0.1, 0.15) is 71.1 Å². The van der Waals surface area contributed by atoms with Crippen LogP contribution in [0.4, 0.5) is 0 Å². The van der Waals surface area contributed by atoms with Gasteiger partial charge < -0.3 is 0 Å². The fraction of sp³-hybridized carbons (Fsp3) is 0.824. The first-order valence-corrected chi connectivity index (χ1v) is 8.89. The summed E-state index contributed by atoms with van der Waals surface area (Å²) in [6.07, 6.45) is 17.1. The van der Waals surface area contributed by atoms with Crippen LogP contribution in [0.5, 0.6) is 0 Å². The van der Waals surface area contributed by atoms with Crippen LogP contribution < -0.4 is 0 Å². The molecule has 3 atom stereocenters. The molecule has 1 saturated carbocycles. The second-order valence-electron chi connectivity index (χ2n) is 6.25. The summed E-state index contributed by atoms with van der Waals surface area (Å²) in [6, 6.07) is 0. The Hall–Kier alpha value is -0.110. The lowest BCUT2D eigenvalue weighted by atomic mass is 9.63. The lowest BCUT2D eigenvalue weighted by Gasteiger charge is -2.46. The predicted molar refractivity (Wildman–Crippen MR) is 84.6 cm³/mol. The highest BCUT2D eigenvalue weighted by atomic mass is 79.9. The van der Waals surface area contributed by atoms with Gasteiger partial charge in [-0.3, -0.25) is 4.79 Å². The number of halogens is 1. The quantitative estimate of drug-likeness (QED) is 0.314. The van der Waals surface area contributed by atoms with Gasteiger partial charge in [0, 0.05) is 11.8 Å². The van der Waals surface area contributed by atoms with Gasteiger partial charge in [-0.05, 0) is 12.8 Å². The highest BCUT2D eigenvalue weighted by Gasteiger charge is 2.59. The minimum atomic E-state index is -0.188. The fourth-order valence-electron chi connectivity index (χ4n) is 3.58. The molecule has 2 aliphatic rings. The maximum Gasteiger partial charge on any atom is 0.154 e. The van der Waals surface area contributed by atoms with Crippen molar-refractivity contribution in [2.45, 2.75) is 75.5 Å². The summed E-state index contributed by atoms with van der Waals surface area (Å²) in [7, 11) is 0. The summed E-state index contributed by atoms with van der Waals surface area (Å²) in [6.45, 7) is 2.26. The third-order valence-electron chi connectivity index (χ3n) is 4.84. The first kappa shape index (κ1) is 15.3. The number of allylic oxidation sites excluding steroid dienone is 2. The average Bonchev–Trinajstić information content (AvgIpc) is 2.88. The SMILES string of the molecule is CCCCCCCCCC[C@@]1(Br)C(=O)[C@@H]2CC=C[C@@H]21. The van der Waals surface area contributed by atoms with Gasteiger partial charge in [-0.2, -0.15) is 0 Å². The fourth-order valence-corrected chi connectivity index (χ4v) is 4.62. The van der Waals surface area contributed by atoms with Gasteiger partial charge in [0.2, 0.25) is 0 Å². The van der Waals surface area contributed by atoms with Crippen molar-refractivity contribution in [2.75, 3.05) is 0 Å². The van der Waals surface area contributed by atoms with Crippen LogP contribution in [0.15, 0.2) is 12.2 Å². The number of rotatable bonds is 9. The van der Waals surface area contributed by atoms with Crippen LogP contribution in [-0.4, -0.2) is 10.1 Å². The van der Waals surface area contributed by atoms with Crippen molar-refractivity contribution in [3.8, 4) is 0 Å². The molecule has 0 N–H and O–H groups in total. The Morgan fingerprint density at radius 1 is 1.16 bits per heavy atom. The smallest absolute Gasteiger partial charge is 0.154 e. The summed E-state index contributed by atoms with van der Waals surface area (Å²) in [5, 5.41) is 0. The lowest BCUT2D eigenvalue weighted by molar-refractivity contribution is -0.136. The topological polar surface area (TPSA) is 17.1 Å². The van der Waals surface area contributed by atoms with E-state index < -0.39 is 0 Å². The van der Waals surface area contributed by atoms with Gasteiger partial charge in [0.05, 0.1) is 4.32 Å². The van der Waals surface area contributed by atoms with E-state index >= 15 is 0 Å². The molecule has 2 aliphatic carbocycles. The number of hydrogen-bond acceptors (Lipinski definition) is 1. The maximum atomic E-state index is 12.1. The molecule has 0 amide bonds. The molecule has 2 rings (SSSR count). The summed E-state index contributed by atoms with van der Waals surface area (Å²) in [5.74, 6) is 1.27. The van der Waals surface area contributed by atoms with Crippen LogP contribution in [0.2, 0.25) is 0 Å². The number of carbonyl (C=O) groups is 1. The Kier molecular flexibility index (Phi) is 5.68. The highest BCUT2D eigenvalue weighted by molar-refractivity contribution is 9.10. The number of hydrogen-bond donors (Lipinski definition) is 0. The van der Waals surface area contributed by atoms with Crippen molar-refractivity contribution in [3.63, 3.8) is 0 Å². The van der Waals surface area contributed by atoms with Crippen molar-refractivity contribution < 1.29 is 4.79 Å². The number of Topliss-reactive ketones (excluding diaryl/α,β-unsaturated/α-hetero) is 1. The molecule has 0 aromatic carbocycles. The van der Waals surface area contributed by atoms with Crippen molar-refractivity contribution in [3.05, 3.63) is 12.2 Å². The first-order chi connectivity index (χ1) is 9.20. The van der Waals surface area contributed by atoms with Gasteiger partial charge in [0.25, 0.3) is 0 Å². The molecule has 108 valence electrons. The minimum Gasteiger partial charge on any atom is -0.298 e. The van der Waals surface area contributed by atoms with Crippen LogP contribution in [0.25, 0.3) is 0 Å². The first-order valence-electron chi connectivity index (χ1n) is 8.10. The van der Waals surface area contributed by atoms with Crippen molar-refractivity contribution in [1.29, 1.82) is 0 Å². The maximum absolute atomic E-state index is 12.1. The molecular formula is C17H27BrO. The van der Waals surface area contributed by atoms with Crippen LogP contribution in [-0.2, 0) is 4.79 Å². The molecule has 0 bridgehead atoms. The van der Waals surface area contributed by atoms with Gasteiger partial charge in [-0.15, -0.1) is 0 Å². The monoisotopic (exact) mass is 326 g/mol. The Balaban J connectivity index is 1.56. The molecule has 19 heavy (non-hydrogen) atoms. The number of carbonyl (C=O) groups excluding carboxylic acids is 1. The molecule has 0 spiro atoms. The second-order valence-corrected chi connectivity index (χ2v) is 7.66.